The second-order valence-corrected chi connectivity index (χ2v) is 7.18. The number of hydrogen-bond acceptors (Lipinski definition) is 5. The van der Waals surface area contributed by atoms with E-state index in [0.29, 0.717) is 31.1 Å². The number of carbonyl (C=O) groups is 2. The molecule has 25 heavy (non-hydrogen) atoms. The van der Waals surface area contributed by atoms with Crippen molar-refractivity contribution < 1.29 is 19.2 Å². The first-order chi connectivity index (χ1) is 12.0. The Labute approximate surface area is 147 Å². The topological polar surface area (TPSA) is 96.5 Å². The highest BCUT2D eigenvalue weighted by atomic mass is 16.5. The minimum Gasteiger partial charge on any atom is -0.481 e. The van der Waals surface area contributed by atoms with Gasteiger partial charge in [-0.1, -0.05) is 31.2 Å². The fourth-order valence-corrected chi connectivity index (χ4v) is 3.64. The SMILES string of the molecule is CC(C)c1noc([C@@H]2CCCCN2C(=O)[C@H]2CC=CC[C@@H]2C(=O)O)n1. The number of carboxylic acid groups (broad SMARTS) is 1. The quantitative estimate of drug-likeness (QED) is 0.841. The van der Waals surface area contributed by atoms with Gasteiger partial charge in [-0.05, 0) is 32.1 Å². The van der Waals surface area contributed by atoms with Crippen molar-refractivity contribution in [2.45, 2.75) is 57.9 Å². The first-order valence-electron chi connectivity index (χ1n) is 9.00. The van der Waals surface area contributed by atoms with Crippen molar-refractivity contribution in [3.63, 3.8) is 0 Å². The number of allylic oxidation sites excluding steroid dienone is 2. The average Bonchev–Trinajstić information content (AvgIpc) is 3.11. The van der Waals surface area contributed by atoms with Crippen LogP contribution in [0.25, 0.3) is 0 Å². The third-order valence-corrected chi connectivity index (χ3v) is 5.11. The molecular formula is C18H25N3O4. The number of aromatic nitrogens is 2. The molecule has 2 aliphatic rings. The predicted octanol–water partition coefficient (Wildman–Crippen LogP) is 2.91. The van der Waals surface area contributed by atoms with Crippen molar-refractivity contribution in [1.82, 2.24) is 15.0 Å². The standard InChI is InChI=1S/C18H25N3O4/c1-11(2)15-19-16(25-20-15)14-9-5-6-10-21(14)17(22)12-7-3-4-8-13(12)18(23)24/h3-4,11-14H,5-10H2,1-2H3,(H,23,24)/t12-,13-,14-/m0/s1. The van der Waals surface area contributed by atoms with E-state index in [9.17, 15) is 14.7 Å². The van der Waals surface area contributed by atoms with Gasteiger partial charge in [0.2, 0.25) is 11.8 Å². The largest absolute Gasteiger partial charge is 0.481 e. The Kier molecular flexibility index (Phi) is 5.20. The van der Waals surface area contributed by atoms with Crippen molar-refractivity contribution >= 4 is 11.9 Å². The molecule has 1 aliphatic carbocycles. The zero-order chi connectivity index (χ0) is 18.0. The molecule has 3 rings (SSSR count). The molecule has 0 spiro atoms. The molecule has 1 aromatic heterocycles. The minimum atomic E-state index is -0.906. The fourth-order valence-electron chi connectivity index (χ4n) is 3.64. The number of likely N-dealkylation sites (tertiary alicyclic amines) is 1. The van der Waals surface area contributed by atoms with E-state index < -0.39 is 17.8 Å². The summed E-state index contributed by atoms with van der Waals surface area (Å²) >= 11 is 0. The summed E-state index contributed by atoms with van der Waals surface area (Å²) < 4.78 is 5.42. The number of carbonyl (C=O) groups excluding carboxylic acids is 1. The van der Waals surface area contributed by atoms with Crippen LogP contribution >= 0.6 is 0 Å². The van der Waals surface area contributed by atoms with E-state index in [1.54, 1.807) is 4.90 Å². The second-order valence-electron chi connectivity index (χ2n) is 7.18. The lowest BCUT2D eigenvalue weighted by Crippen LogP contribution is -2.45. The molecule has 3 atom stereocenters. The molecule has 0 aromatic carbocycles. The van der Waals surface area contributed by atoms with Gasteiger partial charge in [0.05, 0.1) is 11.8 Å². The van der Waals surface area contributed by atoms with E-state index in [0.717, 1.165) is 19.3 Å². The van der Waals surface area contributed by atoms with Gasteiger partial charge < -0.3 is 14.5 Å². The fraction of sp³-hybridized carbons (Fsp3) is 0.667. The maximum atomic E-state index is 13.1. The summed E-state index contributed by atoms with van der Waals surface area (Å²) in [5.74, 6) is -0.927. The van der Waals surface area contributed by atoms with Crippen molar-refractivity contribution in [3.05, 3.63) is 23.9 Å². The number of carboxylic acids is 1. The molecule has 1 aromatic rings. The van der Waals surface area contributed by atoms with Gasteiger partial charge >= 0.3 is 5.97 Å². The van der Waals surface area contributed by atoms with Gasteiger partial charge in [0, 0.05) is 12.5 Å². The Morgan fingerprint density at radius 2 is 1.96 bits per heavy atom. The summed E-state index contributed by atoms with van der Waals surface area (Å²) in [6.07, 6.45) is 7.30. The van der Waals surface area contributed by atoms with Crippen LogP contribution in [0.3, 0.4) is 0 Å². The molecule has 1 amide bonds. The van der Waals surface area contributed by atoms with Crippen molar-refractivity contribution in [2.75, 3.05) is 6.54 Å². The zero-order valence-corrected chi connectivity index (χ0v) is 14.7. The van der Waals surface area contributed by atoms with Crippen LogP contribution in [0.1, 0.15) is 69.6 Å². The van der Waals surface area contributed by atoms with Crippen LogP contribution < -0.4 is 0 Å². The number of amides is 1. The Morgan fingerprint density at radius 3 is 2.60 bits per heavy atom. The van der Waals surface area contributed by atoms with Crippen LogP contribution in [-0.2, 0) is 9.59 Å². The molecule has 2 heterocycles. The molecule has 0 unspecified atom stereocenters. The third-order valence-electron chi connectivity index (χ3n) is 5.11. The molecular weight excluding hydrogens is 322 g/mol. The molecule has 7 nitrogen and oxygen atoms in total. The van der Waals surface area contributed by atoms with E-state index in [2.05, 4.69) is 10.1 Å². The summed E-state index contributed by atoms with van der Waals surface area (Å²) in [4.78, 5) is 30.9. The van der Waals surface area contributed by atoms with E-state index in [1.807, 2.05) is 26.0 Å². The number of piperidine rings is 1. The number of nitrogens with zero attached hydrogens (tertiary/aromatic N) is 3. The molecule has 0 bridgehead atoms. The summed E-state index contributed by atoms with van der Waals surface area (Å²) in [5, 5.41) is 13.5. The molecule has 0 saturated carbocycles. The van der Waals surface area contributed by atoms with E-state index in [1.165, 1.54) is 0 Å². The van der Waals surface area contributed by atoms with Crippen LogP contribution in [0, 0.1) is 11.8 Å². The molecule has 1 fully saturated rings. The highest BCUT2D eigenvalue weighted by Crippen LogP contribution is 2.35. The maximum absolute atomic E-state index is 13.1. The summed E-state index contributed by atoms with van der Waals surface area (Å²) in [6, 6.07) is -0.249. The first kappa shape index (κ1) is 17.6. The zero-order valence-electron chi connectivity index (χ0n) is 14.7. The van der Waals surface area contributed by atoms with Crippen LogP contribution in [-0.4, -0.2) is 38.6 Å². The van der Waals surface area contributed by atoms with Crippen molar-refractivity contribution in [2.24, 2.45) is 11.8 Å². The van der Waals surface area contributed by atoms with Crippen LogP contribution in [0.2, 0.25) is 0 Å². The lowest BCUT2D eigenvalue weighted by atomic mass is 9.81. The predicted molar refractivity (Wildman–Crippen MR) is 89.7 cm³/mol. The molecule has 7 heteroatoms. The molecule has 0 radical (unpaired) electrons. The van der Waals surface area contributed by atoms with Gasteiger partial charge in [0.25, 0.3) is 0 Å². The highest BCUT2D eigenvalue weighted by Gasteiger charge is 2.40. The third kappa shape index (κ3) is 3.60. The van der Waals surface area contributed by atoms with Crippen molar-refractivity contribution in [3.8, 4) is 0 Å². The molecule has 1 N–H and O–H groups in total. The van der Waals surface area contributed by atoms with Gasteiger partial charge in [0.15, 0.2) is 5.82 Å². The van der Waals surface area contributed by atoms with E-state index in [-0.39, 0.29) is 17.9 Å². The van der Waals surface area contributed by atoms with Crippen molar-refractivity contribution in [1.29, 1.82) is 0 Å². The normalized spacial score (nSPS) is 26.8. The number of rotatable bonds is 4. The smallest absolute Gasteiger partial charge is 0.307 e. The number of hydrogen-bond donors (Lipinski definition) is 1. The van der Waals surface area contributed by atoms with E-state index in [4.69, 9.17) is 4.52 Å². The summed E-state index contributed by atoms with van der Waals surface area (Å²) in [5.41, 5.74) is 0. The lowest BCUT2D eigenvalue weighted by Gasteiger charge is -2.37. The maximum Gasteiger partial charge on any atom is 0.307 e. The molecule has 1 saturated heterocycles. The van der Waals surface area contributed by atoms with Gasteiger partial charge in [-0.25, -0.2) is 0 Å². The average molecular weight is 347 g/mol. The minimum absolute atomic E-state index is 0.106. The van der Waals surface area contributed by atoms with Gasteiger partial charge in [-0.15, -0.1) is 0 Å². The van der Waals surface area contributed by atoms with E-state index >= 15 is 0 Å². The Balaban J connectivity index is 1.83. The first-order valence-corrected chi connectivity index (χ1v) is 9.00. The van der Waals surface area contributed by atoms with Gasteiger partial charge in [-0.3, -0.25) is 9.59 Å². The van der Waals surface area contributed by atoms with Gasteiger partial charge in [0.1, 0.15) is 6.04 Å². The highest BCUT2D eigenvalue weighted by molar-refractivity contribution is 5.85. The Morgan fingerprint density at radius 1 is 1.24 bits per heavy atom. The van der Waals surface area contributed by atoms with Gasteiger partial charge in [-0.2, -0.15) is 4.98 Å². The Bertz CT molecular complexity index is 667. The summed E-state index contributed by atoms with van der Waals surface area (Å²) in [7, 11) is 0. The lowest BCUT2D eigenvalue weighted by molar-refractivity contribution is -0.152. The molecule has 1 aliphatic heterocycles. The second kappa shape index (κ2) is 7.37. The summed E-state index contributed by atoms with van der Waals surface area (Å²) in [6.45, 7) is 4.59. The monoisotopic (exact) mass is 347 g/mol. The number of aliphatic carboxylic acids is 1. The van der Waals surface area contributed by atoms with Crippen LogP contribution in [0.15, 0.2) is 16.7 Å². The van der Waals surface area contributed by atoms with Crippen LogP contribution in [0.4, 0.5) is 0 Å². The molecule has 136 valence electrons. The van der Waals surface area contributed by atoms with Crippen LogP contribution in [0.5, 0.6) is 0 Å². The Hall–Kier alpha value is -2.18.